The largest absolute Gasteiger partial charge is 0.486 e. The number of furan rings is 1. The molecule has 0 aliphatic rings. The van der Waals surface area contributed by atoms with Crippen molar-refractivity contribution in [2.24, 2.45) is 5.92 Å². The quantitative estimate of drug-likeness (QED) is 0.114. The topological polar surface area (TPSA) is 51.8 Å². The number of aromatic nitrogens is 3. The summed E-state index contributed by atoms with van der Waals surface area (Å²) in [4.78, 5) is 13.8. The van der Waals surface area contributed by atoms with E-state index in [4.69, 9.17) is 4.42 Å². The number of nitrogens with zero attached hydrogens (tertiary/aromatic N) is 3. The van der Waals surface area contributed by atoms with Crippen molar-refractivity contribution in [1.29, 1.82) is 0 Å². The van der Waals surface area contributed by atoms with Crippen LogP contribution in [0.4, 0.5) is 0 Å². The summed E-state index contributed by atoms with van der Waals surface area (Å²) in [6.07, 6.45) is 7.38. The van der Waals surface area contributed by atoms with E-state index in [2.05, 4.69) is 111 Å². The third-order valence-corrected chi connectivity index (χ3v) is 10.4. The van der Waals surface area contributed by atoms with Gasteiger partial charge in [0.15, 0.2) is 0 Å². The number of hydrogen-bond acceptors (Lipinski definition) is 4. The van der Waals surface area contributed by atoms with Gasteiger partial charge in [0.2, 0.25) is 5.71 Å². The molecule has 6 rings (SSSR count). The van der Waals surface area contributed by atoms with E-state index in [1.807, 2.05) is 49.5 Å². The molecule has 1 radical (unpaired) electrons. The first kappa shape index (κ1) is 35.4. The number of fused-ring (bicyclic) bond motifs is 3. The van der Waals surface area contributed by atoms with Crippen molar-refractivity contribution in [3.8, 4) is 22.5 Å². The number of aryl methyl sites for hydroxylation is 1. The van der Waals surface area contributed by atoms with Crippen molar-refractivity contribution in [2.45, 2.75) is 79.4 Å². The molecule has 0 N–H and O–H groups in total. The van der Waals surface area contributed by atoms with Crippen LogP contribution in [0.5, 0.6) is 0 Å². The van der Waals surface area contributed by atoms with Gasteiger partial charge in [0.05, 0.1) is 13.7 Å². The molecule has 2 aromatic carbocycles. The summed E-state index contributed by atoms with van der Waals surface area (Å²) in [6.45, 7) is 18.2. The Morgan fingerprint density at radius 3 is 2.30 bits per heavy atom. The molecule has 0 aliphatic heterocycles. The van der Waals surface area contributed by atoms with Gasteiger partial charge in [-0.25, -0.2) is 4.98 Å². The first-order valence-corrected chi connectivity index (χ1v) is 19.7. The molecule has 4 aromatic heterocycles. The van der Waals surface area contributed by atoms with Gasteiger partial charge in [-0.1, -0.05) is 81.5 Å². The molecule has 4 nitrogen and oxygen atoms in total. The van der Waals surface area contributed by atoms with Crippen LogP contribution < -0.4 is 5.19 Å². The van der Waals surface area contributed by atoms with Crippen LogP contribution >= 0.6 is 0 Å². The molecule has 46 heavy (non-hydrogen) atoms. The molecule has 0 unspecified atom stereocenters. The van der Waals surface area contributed by atoms with Gasteiger partial charge in [0, 0.05) is 43.6 Å². The molecule has 0 saturated carbocycles. The van der Waals surface area contributed by atoms with Gasteiger partial charge >= 0.3 is 0 Å². The summed E-state index contributed by atoms with van der Waals surface area (Å²) in [7, 11) is -1.34. The monoisotopic (exact) mass is 804 g/mol. The van der Waals surface area contributed by atoms with Crippen LogP contribution in [-0.2, 0) is 26.5 Å². The van der Waals surface area contributed by atoms with Gasteiger partial charge in [-0.15, -0.1) is 54.1 Å². The maximum atomic E-state index is 6.09. The van der Waals surface area contributed by atoms with Gasteiger partial charge in [-0.2, -0.15) is 0 Å². The first-order chi connectivity index (χ1) is 21.6. The predicted octanol–water partition coefficient (Wildman–Crippen LogP) is 10.3. The Labute approximate surface area is 289 Å². The average molecular weight is 804 g/mol. The van der Waals surface area contributed by atoms with Crippen LogP contribution in [0.15, 0.2) is 83.5 Å². The van der Waals surface area contributed by atoms with E-state index in [-0.39, 0.29) is 20.1 Å². The molecule has 0 spiro atoms. The second-order valence-electron chi connectivity index (χ2n) is 13.3. The molecule has 0 amide bonds. The first-order valence-electron chi connectivity index (χ1n) is 16.2. The molecular formula is C40H45IrN3OSi-2. The van der Waals surface area contributed by atoms with Crippen molar-refractivity contribution in [3.63, 3.8) is 0 Å². The van der Waals surface area contributed by atoms with Crippen molar-refractivity contribution in [3.05, 3.63) is 108 Å². The molecule has 0 aliphatic carbocycles. The number of pyridine rings is 3. The van der Waals surface area contributed by atoms with E-state index in [0.29, 0.717) is 17.5 Å². The zero-order chi connectivity index (χ0) is 32.1. The van der Waals surface area contributed by atoms with E-state index in [0.717, 1.165) is 63.8 Å². The Morgan fingerprint density at radius 2 is 1.63 bits per heavy atom. The number of hydrogen-bond donors (Lipinski definition) is 0. The van der Waals surface area contributed by atoms with Crippen molar-refractivity contribution >= 4 is 35.3 Å². The Hall–Kier alpha value is -3.44. The predicted molar refractivity (Wildman–Crippen MR) is 192 cm³/mol. The van der Waals surface area contributed by atoms with Crippen LogP contribution in [-0.4, -0.2) is 23.0 Å². The molecule has 0 fully saturated rings. The summed E-state index contributed by atoms with van der Waals surface area (Å²) in [5, 5.41) is 3.59. The second-order valence-corrected chi connectivity index (χ2v) is 18.4. The normalized spacial score (nSPS) is 11.5. The average Bonchev–Trinajstić information content (AvgIpc) is 3.39. The van der Waals surface area contributed by atoms with E-state index in [9.17, 15) is 0 Å². The molecule has 6 aromatic rings. The Morgan fingerprint density at radius 1 is 0.848 bits per heavy atom. The molecule has 0 saturated heterocycles. The fraction of sp³-hybridized carbons (Fsp3) is 0.325. The van der Waals surface area contributed by atoms with E-state index in [1.54, 1.807) is 0 Å². The van der Waals surface area contributed by atoms with Crippen molar-refractivity contribution in [2.75, 3.05) is 0 Å². The fourth-order valence-corrected chi connectivity index (χ4v) is 7.57. The van der Waals surface area contributed by atoms with Crippen molar-refractivity contribution < 1.29 is 24.5 Å². The van der Waals surface area contributed by atoms with E-state index < -0.39 is 8.07 Å². The standard InChI is InChI=1S/C22H21N2O.C18H24NSi.Ir/c1-4-15(5-2)16-11-12-23-20(13-16)19-8-6-7-17-18-10-9-14(3)24-22(18)25-21(17)19;1-14(2)11-16-12-17(15-9-7-6-8-10-15)19-13-18(16)20(3,4)5;/h6-7,9-13,15H,4-5H2,1-3H3;6-9,12-14H,11H2,1-5H3;/q2*-1;. The third-order valence-electron chi connectivity index (χ3n) is 8.35. The van der Waals surface area contributed by atoms with Gasteiger partial charge < -0.3 is 14.4 Å². The van der Waals surface area contributed by atoms with E-state index >= 15 is 0 Å². The molecule has 4 heterocycles. The summed E-state index contributed by atoms with van der Waals surface area (Å²) < 4.78 is 6.09. The zero-order valence-electron chi connectivity index (χ0n) is 28.4. The zero-order valence-corrected chi connectivity index (χ0v) is 31.8. The minimum atomic E-state index is -1.34. The Bertz CT molecular complexity index is 1890. The smallest absolute Gasteiger partial charge is 0.216 e. The maximum Gasteiger partial charge on any atom is 0.216 e. The summed E-state index contributed by atoms with van der Waals surface area (Å²) in [5.74, 6) is 1.22. The second kappa shape index (κ2) is 15.4. The van der Waals surface area contributed by atoms with Gasteiger partial charge in [0.1, 0.15) is 0 Å². The SMILES string of the molecule is CC(C)Cc1cc(-c2[c-]cccc2)ncc1[Si](C)(C)C.CCC(CC)c1ccnc(-c2[c-]ccc3c2oc2nc(C)ccc23)c1.[Ir]. The van der Waals surface area contributed by atoms with Crippen LogP contribution in [0, 0.1) is 25.0 Å². The maximum absolute atomic E-state index is 6.09. The Kier molecular flexibility index (Phi) is 11.9. The molecule has 6 heteroatoms. The van der Waals surface area contributed by atoms with Crippen LogP contribution in [0.25, 0.3) is 44.6 Å². The molecule has 241 valence electrons. The van der Waals surface area contributed by atoms with Gasteiger partial charge in [0.25, 0.3) is 0 Å². The van der Waals surface area contributed by atoms with Gasteiger partial charge in [-0.3, -0.25) is 0 Å². The molecular weight excluding hydrogens is 759 g/mol. The fourth-order valence-electron chi connectivity index (χ4n) is 5.98. The van der Waals surface area contributed by atoms with Crippen molar-refractivity contribution in [1.82, 2.24) is 15.0 Å². The van der Waals surface area contributed by atoms with Crippen LogP contribution in [0.1, 0.15) is 63.3 Å². The van der Waals surface area contributed by atoms with E-state index in [1.165, 1.54) is 16.3 Å². The summed E-state index contributed by atoms with van der Waals surface area (Å²) >= 11 is 0. The summed E-state index contributed by atoms with van der Waals surface area (Å²) in [5.41, 5.74) is 9.17. The molecule has 0 bridgehead atoms. The minimum absolute atomic E-state index is 0. The number of rotatable bonds is 8. The number of benzene rings is 2. The van der Waals surface area contributed by atoms with Crippen LogP contribution in [0.2, 0.25) is 19.6 Å². The Balaban J connectivity index is 0.000000210. The third kappa shape index (κ3) is 8.09. The summed E-state index contributed by atoms with van der Waals surface area (Å²) in [6, 6.07) is 29.3. The van der Waals surface area contributed by atoms with Gasteiger partial charge in [-0.05, 0) is 72.8 Å². The van der Waals surface area contributed by atoms with Crippen LogP contribution in [0.3, 0.4) is 0 Å². The molecule has 0 atom stereocenters. The minimum Gasteiger partial charge on any atom is -0.486 e.